The minimum Gasteiger partial charge on any atom is -0.497 e. The second kappa shape index (κ2) is 12.4. The third kappa shape index (κ3) is 6.45. The van der Waals surface area contributed by atoms with E-state index in [1.165, 1.54) is 6.42 Å². The predicted octanol–water partition coefficient (Wildman–Crippen LogP) is 7.95. The van der Waals surface area contributed by atoms with Crippen molar-refractivity contribution in [2.24, 2.45) is 17.8 Å². The molecule has 0 bridgehead atoms. The molecule has 1 aliphatic carbocycles. The summed E-state index contributed by atoms with van der Waals surface area (Å²) >= 11 is 0. The fraction of sp³-hybridized carbons (Fsp3) is 0.438. The van der Waals surface area contributed by atoms with E-state index in [0.29, 0.717) is 17.8 Å². The van der Waals surface area contributed by atoms with Crippen molar-refractivity contribution < 1.29 is 13.8 Å². The molecule has 1 saturated carbocycles. The van der Waals surface area contributed by atoms with Crippen LogP contribution in [0.5, 0.6) is 5.75 Å². The fourth-order valence-electron chi connectivity index (χ4n) is 5.51. The first-order valence-corrected chi connectivity index (χ1v) is 15.4. The third-order valence-corrected chi connectivity index (χ3v) is 10.5. The summed E-state index contributed by atoms with van der Waals surface area (Å²) in [7, 11) is 2.20. The Bertz CT molecular complexity index is 1200. The predicted molar refractivity (Wildman–Crippen MR) is 160 cm³/mol. The first-order chi connectivity index (χ1) is 18.2. The molecular formula is C32H43N2O3P. The quantitative estimate of drug-likeness (QED) is 0.268. The third-order valence-electron chi connectivity index (χ3n) is 7.83. The van der Waals surface area contributed by atoms with Gasteiger partial charge in [0.05, 0.1) is 13.2 Å². The summed E-state index contributed by atoms with van der Waals surface area (Å²) in [5.74, 6) is 1.57. The molecule has 4 rings (SSSR count). The minimum absolute atomic E-state index is 0.0727. The highest BCUT2D eigenvalue weighted by Gasteiger charge is 2.43. The van der Waals surface area contributed by atoms with Crippen LogP contribution in [0.2, 0.25) is 0 Å². The number of rotatable bonds is 10. The lowest BCUT2D eigenvalue weighted by molar-refractivity contribution is 0.0489. The highest BCUT2D eigenvalue weighted by Crippen LogP contribution is 2.61. The van der Waals surface area contributed by atoms with Crippen LogP contribution in [0.3, 0.4) is 0 Å². The molecular weight excluding hydrogens is 491 g/mol. The van der Waals surface area contributed by atoms with E-state index < -0.39 is 13.2 Å². The fourth-order valence-corrected chi connectivity index (χ4v) is 8.14. The maximum Gasteiger partial charge on any atom is 0.258 e. The van der Waals surface area contributed by atoms with Crippen LogP contribution in [0.4, 0.5) is 11.4 Å². The molecule has 0 unspecified atom stereocenters. The molecule has 5 atom stereocenters. The van der Waals surface area contributed by atoms with Crippen LogP contribution in [0.15, 0.2) is 78.9 Å². The summed E-state index contributed by atoms with van der Waals surface area (Å²) in [6.45, 7) is 6.81. The maximum absolute atomic E-state index is 15.6. The monoisotopic (exact) mass is 534 g/mol. The number of benzene rings is 3. The number of hydrogen-bond donors (Lipinski definition) is 1. The second-order valence-corrected chi connectivity index (χ2v) is 13.6. The van der Waals surface area contributed by atoms with E-state index in [1.54, 1.807) is 7.11 Å². The van der Waals surface area contributed by atoms with Gasteiger partial charge in [0.2, 0.25) is 0 Å². The Balaban J connectivity index is 1.85. The average molecular weight is 535 g/mol. The SMILES string of the molecule is COc1ccc([C@H](Nc2ccccc2)[P@](=O)(O[C@@H]2C[C@@H](C)CC[C@H]2C(C)C)c2ccc(N(C)C)cc2)cc1. The van der Waals surface area contributed by atoms with E-state index in [0.717, 1.165) is 40.8 Å². The summed E-state index contributed by atoms with van der Waals surface area (Å²) in [4.78, 5) is 2.05. The number of methoxy groups -OCH3 is 1. The van der Waals surface area contributed by atoms with Gasteiger partial charge in [0.1, 0.15) is 11.5 Å². The number of nitrogens with one attached hydrogen (secondary N) is 1. The molecule has 1 aliphatic rings. The molecule has 0 aromatic heterocycles. The molecule has 1 fully saturated rings. The van der Waals surface area contributed by atoms with Crippen LogP contribution in [-0.2, 0) is 9.09 Å². The highest BCUT2D eigenvalue weighted by molar-refractivity contribution is 7.67. The summed E-state index contributed by atoms with van der Waals surface area (Å²) in [6, 6.07) is 25.8. The van der Waals surface area contributed by atoms with Crippen LogP contribution in [-0.4, -0.2) is 27.3 Å². The highest BCUT2D eigenvalue weighted by atomic mass is 31.2. The van der Waals surface area contributed by atoms with Crippen molar-refractivity contribution in [2.75, 3.05) is 31.4 Å². The number of anilines is 2. The van der Waals surface area contributed by atoms with Gasteiger partial charge in [0, 0.05) is 30.8 Å². The van der Waals surface area contributed by atoms with E-state index >= 15 is 4.57 Å². The number of hydrogen-bond acceptors (Lipinski definition) is 5. The lowest BCUT2D eigenvalue weighted by atomic mass is 9.75. The molecule has 3 aromatic carbocycles. The van der Waals surface area contributed by atoms with Gasteiger partial charge >= 0.3 is 0 Å². The van der Waals surface area contributed by atoms with Crippen molar-refractivity contribution in [2.45, 2.75) is 51.9 Å². The van der Waals surface area contributed by atoms with Gasteiger partial charge in [-0.05, 0) is 84.7 Å². The maximum atomic E-state index is 15.6. The number of para-hydroxylation sites is 1. The molecule has 204 valence electrons. The molecule has 6 heteroatoms. The Morgan fingerprint density at radius 1 is 0.921 bits per heavy atom. The Morgan fingerprint density at radius 2 is 1.58 bits per heavy atom. The van der Waals surface area contributed by atoms with Crippen molar-refractivity contribution in [3.8, 4) is 5.75 Å². The van der Waals surface area contributed by atoms with Gasteiger partial charge in [-0.2, -0.15) is 0 Å². The summed E-state index contributed by atoms with van der Waals surface area (Å²) in [6.07, 6.45) is 3.14. The molecule has 1 N–H and O–H groups in total. The van der Waals surface area contributed by atoms with Gasteiger partial charge in [0.25, 0.3) is 7.37 Å². The van der Waals surface area contributed by atoms with Gasteiger partial charge in [-0.25, -0.2) is 0 Å². The van der Waals surface area contributed by atoms with Crippen LogP contribution >= 0.6 is 7.37 Å². The standard InChI is InChI=1S/C32H43N2O3P/c1-23(2)30-21-12-24(3)22-31(30)37-38(35,29-19-15-27(16-20-29)34(4)5)32(33-26-10-8-7-9-11-26)25-13-17-28(36-6)18-14-25/h7-11,13-20,23-24,30-33H,12,21-22H2,1-6H3/t24-,30-,31+,32+,38+/m0/s1. The molecule has 0 amide bonds. The number of nitrogens with zero attached hydrogens (tertiary/aromatic N) is 1. The zero-order chi connectivity index (χ0) is 27.3. The Morgan fingerprint density at radius 3 is 2.16 bits per heavy atom. The van der Waals surface area contributed by atoms with E-state index in [2.05, 4.69) is 31.0 Å². The van der Waals surface area contributed by atoms with Gasteiger partial charge in [-0.15, -0.1) is 0 Å². The Hall–Kier alpha value is -2.75. The van der Waals surface area contributed by atoms with Crippen molar-refractivity contribution in [3.05, 3.63) is 84.4 Å². The van der Waals surface area contributed by atoms with Crippen molar-refractivity contribution >= 4 is 24.0 Å². The van der Waals surface area contributed by atoms with Gasteiger partial charge in [0.15, 0.2) is 0 Å². The normalized spacial score (nSPS) is 21.9. The zero-order valence-corrected chi connectivity index (χ0v) is 24.5. The Kier molecular flexibility index (Phi) is 9.23. The molecule has 38 heavy (non-hydrogen) atoms. The lowest BCUT2D eigenvalue weighted by Gasteiger charge is -2.41. The molecule has 0 heterocycles. The Labute approximate surface area is 229 Å². The van der Waals surface area contributed by atoms with E-state index in [-0.39, 0.29) is 6.10 Å². The smallest absolute Gasteiger partial charge is 0.258 e. The molecule has 3 aromatic rings. The van der Waals surface area contributed by atoms with Crippen LogP contribution in [0.1, 0.15) is 51.4 Å². The van der Waals surface area contributed by atoms with Gasteiger partial charge in [-0.1, -0.05) is 57.5 Å². The van der Waals surface area contributed by atoms with Crippen LogP contribution < -0.4 is 20.3 Å². The minimum atomic E-state index is -3.49. The van der Waals surface area contributed by atoms with E-state index in [9.17, 15) is 0 Å². The number of ether oxygens (including phenoxy) is 1. The van der Waals surface area contributed by atoms with Crippen molar-refractivity contribution in [1.82, 2.24) is 0 Å². The largest absolute Gasteiger partial charge is 0.497 e. The summed E-state index contributed by atoms with van der Waals surface area (Å²) in [5.41, 5.74) is 2.86. The average Bonchev–Trinajstić information content (AvgIpc) is 2.92. The van der Waals surface area contributed by atoms with E-state index in [1.807, 2.05) is 93.0 Å². The van der Waals surface area contributed by atoms with Crippen molar-refractivity contribution in [3.63, 3.8) is 0 Å². The molecule has 0 spiro atoms. The molecule has 5 nitrogen and oxygen atoms in total. The molecule has 0 aliphatic heterocycles. The molecule has 0 radical (unpaired) electrons. The van der Waals surface area contributed by atoms with Crippen LogP contribution in [0.25, 0.3) is 0 Å². The van der Waals surface area contributed by atoms with Crippen molar-refractivity contribution in [1.29, 1.82) is 0 Å². The van der Waals surface area contributed by atoms with E-state index in [4.69, 9.17) is 9.26 Å². The molecule has 0 saturated heterocycles. The van der Waals surface area contributed by atoms with Gasteiger partial charge < -0.3 is 19.5 Å². The summed E-state index contributed by atoms with van der Waals surface area (Å²) < 4.78 is 28.0. The van der Waals surface area contributed by atoms with Gasteiger partial charge in [-0.3, -0.25) is 4.57 Å². The zero-order valence-electron chi connectivity index (χ0n) is 23.6. The lowest BCUT2D eigenvalue weighted by Crippen LogP contribution is -2.35. The topological polar surface area (TPSA) is 50.8 Å². The van der Waals surface area contributed by atoms with Crippen LogP contribution in [0, 0.1) is 17.8 Å². The summed E-state index contributed by atoms with van der Waals surface area (Å²) in [5, 5.41) is 4.34. The first-order valence-electron chi connectivity index (χ1n) is 13.7. The second-order valence-electron chi connectivity index (χ2n) is 11.2. The first kappa shape index (κ1) is 28.3.